The lowest BCUT2D eigenvalue weighted by Crippen LogP contribution is -2.25. The molecule has 2 fully saturated rings. The van der Waals surface area contributed by atoms with Crippen LogP contribution in [0.25, 0.3) is 0 Å². The topological polar surface area (TPSA) is 76.1 Å². The summed E-state index contributed by atoms with van der Waals surface area (Å²) in [6.07, 6.45) is 2.05. The second-order valence-corrected chi connectivity index (χ2v) is 4.64. The fourth-order valence-electron chi connectivity index (χ4n) is 1.24. The van der Waals surface area contributed by atoms with Crippen molar-refractivity contribution < 1.29 is 24.2 Å². The Morgan fingerprint density at radius 1 is 1.28 bits per heavy atom. The third kappa shape index (κ3) is 4.00. The van der Waals surface area contributed by atoms with Gasteiger partial charge in [-0.15, -0.1) is 0 Å². The van der Waals surface area contributed by atoms with Crippen molar-refractivity contribution in [2.75, 3.05) is 6.61 Å². The molecule has 1 aliphatic heterocycles. The molecule has 1 unspecified atom stereocenters. The third-order valence-corrected chi connectivity index (χ3v) is 2.67. The van der Waals surface area contributed by atoms with Gasteiger partial charge in [0, 0.05) is 11.1 Å². The molecule has 5 nitrogen and oxygen atoms in total. The van der Waals surface area contributed by atoms with E-state index >= 15 is 0 Å². The van der Waals surface area contributed by atoms with E-state index in [1.54, 1.807) is 6.92 Å². The summed E-state index contributed by atoms with van der Waals surface area (Å²) in [5.74, 6) is -1.22. The van der Waals surface area contributed by atoms with Crippen LogP contribution in [-0.4, -0.2) is 35.4 Å². The first kappa shape index (κ1) is 14.4. The smallest absolute Gasteiger partial charge is 0.333 e. The Balaban J connectivity index is 0.000000232. The largest absolute Gasteiger partial charge is 0.478 e. The van der Waals surface area contributed by atoms with Gasteiger partial charge in [0.05, 0.1) is 6.61 Å². The maximum Gasteiger partial charge on any atom is 0.333 e. The molecule has 0 bridgehead atoms. The highest BCUT2D eigenvalue weighted by molar-refractivity contribution is 5.87. The summed E-state index contributed by atoms with van der Waals surface area (Å²) in [6.45, 7) is 10.5. The summed E-state index contributed by atoms with van der Waals surface area (Å²) in [6, 6.07) is 0. The van der Waals surface area contributed by atoms with Gasteiger partial charge in [0.2, 0.25) is 0 Å². The maximum absolute atomic E-state index is 11.2. The number of carboxylic acids is 1. The van der Waals surface area contributed by atoms with Crippen LogP contribution in [0.4, 0.5) is 0 Å². The number of hydrogen-bond acceptors (Lipinski definition) is 4. The Hall–Kier alpha value is -1.62. The highest BCUT2D eigenvalue weighted by Gasteiger charge is 2.59. The van der Waals surface area contributed by atoms with Crippen LogP contribution in [0.5, 0.6) is 0 Å². The van der Waals surface area contributed by atoms with Gasteiger partial charge in [0.15, 0.2) is 0 Å². The summed E-state index contributed by atoms with van der Waals surface area (Å²) in [7, 11) is 0. The highest BCUT2D eigenvalue weighted by atomic mass is 16.6. The van der Waals surface area contributed by atoms with Gasteiger partial charge < -0.3 is 14.6 Å². The van der Waals surface area contributed by atoms with E-state index in [0.29, 0.717) is 5.57 Å². The van der Waals surface area contributed by atoms with E-state index in [9.17, 15) is 9.59 Å². The summed E-state index contributed by atoms with van der Waals surface area (Å²) in [5, 5.41) is 7.89. The van der Waals surface area contributed by atoms with E-state index in [4.69, 9.17) is 14.6 Å². The molecule has 18 heavy (non-hydrogen) atoms. The molecule has 0 aromatic carbocycles. The Labute approximate surface area is 106 Å². The molecule has 5 heteroatoms. The van der Waals surface area contributed by atoms with Gasteiger partial charge in [-0.2, -0.15) is 0 Å². The molecule has 1 saturated carbocycles. The second-order valence-electron chi connectivity index (χ2n) is 4.64. The van der Waals surface area contributed by atoms with Crippen LogP contribution in [-0.2, 0) is 19.1 Å². The molecule has 1 N–H and O–H groups in total. The van der Waals surface area contributed by atoms with Crippen LogP contribution in [0.2, 0.25) is 0 Å². The first-order valence-electron chi connectivity index (χ1n) is 5.68. The molecule has 0 radical (unpaired) electrons. The summed E-state index contributed by atoms with van der Waals surface area (Å²) >= 11 is 0. The quantitative estimate of drug-likeness (QED) is 0.469. The van der Waals surface area contributed by atoms with Crippen molar-refractivity contribution in [2.45, 2.75) is 38.4 Å². The number of epoxide rings is 1. The molecule has 1 aliphatic carbocycles. The Morgan fingerprint density at radius 2 is 1.72 bits per heavy atom. The van der Waals surface area contributed by atoms with E-state index in [1.165, 1.54) is 6.92 Å². The van der Waals surface area contributed by atoms with E-state index < -0.39 is 5.97 Å². The average Bonchev–Trinajstić information content (AvgIpc) is 3.12. The normalized spacial score (nSPS) is 22.0. The predicted octanol–water partition coefficient (Wildman–Crippen LogP) is 1.68. The van der Waals surface area contributed by atoms with E-state index in [0.717, 1.165) is 19.4 Å². The zero-order valence-corrected chi connectivity index (χ0v) is 10.7. The van der Waals surface area contributed by atoms with Gasteiger partial charge in [-0.1, -0.05) is 13.2 Å². The fraction of sp³-hybridized carbons (Fsp3) is 0.538. The fourth-order valence-corrected chi connectivity index (χ4v) is 1.24. The van der Waals surface area contributed by atoms with E-state index in [-0.39, 0.29) is 23.2 Å². The molecule has 0 spiro atoms. The van der Waals surface area contributed by atoms with Crippen molar-refractivity contribution in [3.63, 3.8) is 0 Å². The number of hydrogen-bond donors (Lipinski definition) is 1. The molecule has 100 valence electrons. The number of esters is 1. The summed E-state index contributed by atoms with van der Waals surface area (Å²) < 4.78 is 10.4. The van der Waals surface area contributed by atoms with Gasteiger partial charge in [0.1, 0.15) is 11.7 Å². The van der Waals surface area contributed by atoms with Crippen molar-refractivity contribution in [1.29, 1.82) is 0 Å². The minimum absolute atomic E-state index is 0.167. The number of carbonyl (C=O) groups excluding carboxylic acids is 1. The van der Waals surface area contributed by atoms with Crippen LogP contribution in [0, 0.1) is 0 Å². The van der Waals surface area contributed by atoms with Crippen molar-refractivity contribution >= 4 is 11.9 Å². The first-order valence-corrected chi connectivity index (χ1v) is 5.68. The zero-order chi connectivity index (χ0) is 13.9. The number of carbonyl (C=O) groups is 2. The number of ether oxygens (including phenoxy) is 2. The van der Waals surface area contributed by atoms with Crippen molar-refractivity contribution in [2.24, 2.45) is 0 Å². The van der Waals surface area contributed by atoms with E-state index in [1.807, 2.05) is 0 Å². The molecule has 2 rings (SSSR count). The summed E-state index contributed by atoms with van der Waals surface area (Å²) in [5.41, 5.74) is 0.368. The Morgan fingerprint density at radius 3 is 1.94 bits per heavy atom. The molecule has 0 aromatic heterocycles. The van der Waals surface area contributed by atoms with Crippen molar-refractivity contribution in [3.8, 4) is 0 Å². The minimum atomic E-state index is -0.935. The molecular weight excluding hydrogens is 236 g/mol. The first-order chi connectivity index (χ1) is 8.28. The van der Waals surface area contributed by atoms with Gasteiger partial charge >= 0.3 is 11.9 Å². The lowest BCUT2D eigenvalue weighted by molar-refractivity contribution is -0.147. The van der Waals surface area contributed by atoms with E-state index in [2.05, 4.69) is 13.2 Å². The van der Waals surface area contributed by atoms with Crippen LogP contribution in [0.3, 0.4) is 0 Å². The van der Waals surface area contributed by atoms with Crippen molar-refractivity contribution in [3.05, 3.63) is 24.3 Å². The monoisotopic (exact) mass is 254 g/mol. The van der Waals surface area contributed by atoms with Gasteiger partial charge in [-0.3, -0.25) is 0 Å². The van der Waals surface area contributed by atoms with Crippen molar-refractivity contribution in [1.82, 2.24) is 0 Å². The zero-order valence-electron chi connectivity index (χ0n) is 10.7. The molecule has 1 heterocycles. The van der Waals surface area contributed by atoms with Crippen LogP contribution < -0.4 is 0 Å². The second kappa shape index (κ2) is 5.35. The number of aliphatic carboxylic acids is 1. The van der Waals surface area contributed by atoms with Crippen LogP contribution in [0.1, 0.15) is 26.7 Å². The number of carboxylic acid groups (broad SMARTS) is 1. The third-order valence-electron chi connectivity index (χ3n) is 2.67. The van der Waals surface area contributed by atoms with Crippen LogP contribution >= 0.6 is 0 Å². The molecule has 1 saturated heterocycles. The average molecular weight is 254 g/mol. The standard InChI is InChI=1S/C9H12O3.C4H6O2/c1-6(2)8(10)12-9(3-4-9)7-5-11-7;1-3(2)4(5)6/h7H,1,3-5H2,2H3;1H2,2H3,(H,5,6). The lowest BCUT2D eigenvalue weighted by Gasteiger charge is -2.13. The minimum Gasteiger partial charge on any atom is -0.478 e. The predicted molar refractivity (Wildman–Crippen MR) is 65.1 cm³/mol. The summed E-state index contributed by atoms with van der Waals surface area (Å²) in [4.78, 5) is 20.8. The van der Waals surface area contributed by atoms with Gasteiger partial charge in [-0.25, -0.2) is 9.59 Å². The molecule has 2 aliphatic rings. The molecule has 0 amide bonds. The molecule has 0 aromatic rings. The lowest BCUT2D eigenvalue weighted by atomic mass is 10.2. The molecular formula is C13H18O5. The number of rotatable bonds is 4. The molecule has 1 atom stereocenters. The van der Waals surface area contributed by atoms with Gasteiger partial charge in [0.25, 0.3) is 0 Å². The maximum atomic E-state index is 11.2. The van der Waals surface area contributed by atoms with Crippen LogP contribution in [0.15, 0.2) is 24.3 Å². The van der Waals surface area contributed by atoms with Gasteiger partial charge in [-0.05, 0) is 26.7 Å². The highest BCUT2D eigenvalue weighted by Crippen LogP contribution is 2.48. The Bertz CT molecular complexity index is 376. The SMILES string of the molecule is C=C(C)C(=O)O.C=C(C)C(=O)OC1(C2CO2)CC1. The Kier molecular flexibility index (Phi) is 4.29.